The predicted molar refractivity (Wildman–Crippen MR) is 120 cm³/mol. The number of rotatable bonds is 5. The maximum Gasteiger partial charge on any atom is 0.265 e. The molecule has 1 amide bonds. The van der Waals surface area contributed by atoms with Crippen LogP contribution in [0.5, 0.6) is 11.5 Å². The number of methoxy groups -OCH3 is 2. The van der Waals surface area contributed by atoms with Crippen molar-refractivity contribution in [2.24, 2.45) is 0 Å². The largest absolute Gasteiger partial charge is 0.493 e. The number of hydrogen-bond acceptors (Lipinski definition) is 5. The maximum atomic E-state index is 13.0. The zero-order chi connectivity index (χ0) is 22.0. The van der Waals surface area contributed by atoms with Crippen molar-refractivity contribution in [2.75, 3.05) is 19.5 Å². The van der Waals surface area contributed by atoms with Gasteiger partial charge < -0.3 is 14.8 Å². The molecule has 7 heteroatoms. The molecule has 0 aliphatic rings. The molecule has 4 rings (SSSR count). The van der Waals surface area contributed by atoms with Gasteiger partial charge in [-0.1, -0.05) is 18.2 Å². The summed E-state index contributed by atoms with van der Waals surface area (Å²) in [6, 6.07) is 19.4. The SMILES string of the molecule is COc1cccc(C(=O)Nc2ccc(-n3c(C)nc4ccccc4c3=O)cc2)c1OC. The van der Waals surface area contributed by atoms with Crippen LogP contribution in [0.4, 0.5) is 5.69 Å². The molecule has 0 saturated heterocycles. The summed E-state index contributed by atoms with van der Waals surface area (Å²) in [5, 5.41) is 3.40. The van der Waals surface area contributed by atoms with Crippen LogP contribution in [0.3, 0.4) is 0 Å². The molecule has 3 aromatic carbocycles. The first-order chi connectivity index (χ1) is 15.0. The molecule has 4 aromatic rings. The third kappa shape index (κ3) is 3.73. The van der Waals surface area contributed by atoms with Crippen molar-refractivity contribution >= 4 is 22.5 Å². The highest BCUT2D eigenvalue weighted by atomic mass is 16.5. The van der Waals surface area contributed by atoms with Gasteiger partial charge >= 0.3 is 0 Å². The molecular formula is C24H21N3O4. The first-order valence-corrected chi connectivity index (χ1v) is 9.64. The fourth-order valence-electron chi connectivity index (χ4n) is 3.51. The van der Waals surface area contributed by atoms with Gasteiger partial charge in [0.2, 0.25) is 0 Å². The first-order valence-electron chi connectivity index (χ1n) is 9.64. The maximum absolute atomic E-state index is 13.0. The Labute approximate surface area is 178 Å². The number of nitrogens with zero attached hydrogens (tertiary/aromatic N) is 2. The van der Waals surface area contributed by atoms with Crippen LogP contribution in [-0.4, -0.2) is 29.7 Å². The second-order valence-corrected chi connectivity index (χ2v) is 6.86. The standard InChI is InChI=1S/C24H21N3O4/c1-15-25-20-9-5-4-7-18(20)24(29)27(15)17-13-11-16(12-14-17)26-23(28)19-8-6-10-21(30-2)22(19)31-3/h4-14H,1-3H3,(H,26,28). The van der Waals surface area contributed by atoms with Gasteiger partial charge in [-0.3, -0.25) is 14.2 Å². The number of nitrogens with one attached hydrogen (secondary N) is 1. The van der Waals surface area contributed by atoms with Gasteiger partial charge in [-0.05, 0) is 55.5 Å². The molecule has 0 atom stereocenters. The summed E-state index contributed by atoms with van der Waals surface area (Å²) in [5.41, 5.74) is 2.13. The topological polar surface area (TPSA) is 82.5 Å². The van der Waals surface area contributed by atoms with Gasteiger partial charge in [-0.15, -0.1) is 0 Å². The Hall–Kier alpha value is -4.13. The van der Waals surface area contributed by atoms with E-state index in [9.17, 15) is 9.59 Å². The van der Waals surface area contributed by atoms with Crippen LogP contribution in [-0.2, 0) is 0 Å². The molecule has 156 valence electrons. The van der Waals surface area contributed by atoms with E-state index in [1.807, 2.05) is 18.2 Å². The van der Waals surface area contributed by atoms with E-state index in [0.717, 1.165) is 0 Å². The van der Waals surface area contributed by atoms with Gasteiger partial charge in [0.15, 0.2) is 11.5 Å². The second-order valence-electron chi connectivity index (χ2n) is 6.86. The van der Waals surface area contributed by atoms with E-state index < -0.39 is 0 Å². The summed E-state index contributed by atoms with van der Waals surface area (Å²) >= 11 is 0. The zero-order valence-corrected chi connectivity index (χ0v) is 17.4. The number of carbonyl (C=O) groups excluding carboxylic acids is 1. The third-order valence-corrected chi connectivity index (χ3v) is 4.97. The average Bonchev–Trinajstić information content (AvgIpc) is 2.79. The number of ether oxygens (including phenoxy) is 2. The van der Waals surface area contributed by atoms with Crippen LogP contribution < -0.4 is 20.3 Å². The first kappa shape index (κ1) is 20.2. The molecule has 1 N–H and O–H groups in total. The molecule has 1 aromatic heterocycles. The summed E-state index contributed by atoms with van der Waals surface area (Å²) in [4.78, 5) is 30.2. The number of hydrogen-bond donors (Lipinski definition) is 1. The normalized spacial score (nSPS) is 10.7. The van der Waals surface area contributed by atoms with E-state index in [2.05, 4.69) is 10.3 Å². The number of carbonyl (C=O) groups is 1. The lowest BCUT2D eigenvalue weighted by molar-refractivity contribution is 0.102. The fourth-order valence-corrected chi connectivity index (χ4v) is 3.51. The van der Waals surface area contributed by atoms with Gasteiger partial charge in [0, 0.05) is 5.69 Å². The number of aryl methyl sites for hydroxylation is 1. The summed E-state index contributed by atoms with van der Waals surface area (Å²) < 4.78 is 12.1. The molecule has 0 aliphatic carbocycles. The summed E-state index contributed by atoms with van der Waals surface area (Å²) in [6.45, 7) is 1.79. The van der Waals surface area contributed by atoms with Gasteiger partial charge in [-0.2, -0.15) is 0 Å². The molecular weight excluding hydrogens is 394 g/mol. The van der Waals surface area contributed by atoms with Crippen molar-refractivity contribution in [3.63, 3.8) is 0 Å². The minimum atomic E-state index is -0.329. The molecule has 0 unspecified atom stereocenters. The van der Waals surface area contributed by atoms with Crippen LogP contribution >= 0.6 is 0 Å². The number of anilines is 1. The predicted octanol–water partition coefficient (Wildman–Crippen LogP) is 3.96. The van der Waals surface area contributed by atoms with Gasteiger partial charge in [-0.25, -0.2) is 4.98 Å². The minimum absolute atomic E-state index is 0.138. The average molecular weight is 415 g/mol. The van der Waals surface area contributed by atoms with E-state index in [4.69, 9.17) is 9.47 Å². The smallest absolute Gasteiger partial charge is 0.265 e. The summed E-state index contributed by atoms with van der Waals surface area (Å²) in [6.07, 6.45) is 0. The molecule has 1 heterocycles. The van der Waals surface area contributed by atoms with Crippen molar-refractivity contribution in [3.8, 4) is 17.2 Å². The molecule has 0 bridgehead atoms. The molecule has 0 spiro atoms. The van der Waals surface area contributed by atoms with Crippen LogP contribution in [0, 0.1) is 6.92 Å². The molecule has 0 aliphatic heterocycles. The summed E-state index contributed by atoms with van der Waals surface area (Å²) in [5.74, 6) is 1.10. The molecule has 7 nitrogen and oxygen atoms in total. The minimum Gasteiger partial charge on any atom is -0.493 e. The Balaban J connectivity index is 1.64. The van der Waals surface area contributed by atoms with E-state index >= 15 is 0 Å². The van der Waals surface area contributed by atoms with Crippen molar-refractivity contribution < 1.29 is 14.3 Å². The lowest BCUT2D eigenvalue weighted by Gasteiger charge is -2.14. The van der Waals surface area contributed by atoms with Crippen molar-refractivity contribution in [1.29, 1.82) is 0 Å². The second kappa shape index (κ2) is 8.31. The monoisotopic (exact) mass is 415 g/mol. The van der Waals surface area contributed by atoms with Crippen molar-refractivity contribution in [2.45, 2.75) is 6.92 Å². The quantitative estimate of drug-likeness (QED) is 0.533. The van der Waals surface area contributed by atoms with E-state index in [0.29, 0.717) is 45.2 Å². The number of benzene rings is 3. The van der Waals surface area contributed by atoms with Gasteiger partial charge in [0.25, 0.3) is 11.5 Å². The molecule has 0 saturated carbocycles. The number of para-hydroxylation sites is 2. The van der Waals surface area contributed by atoms with Gasteiger partial charge in [0.05, 0.1) is 36.4 Å². The number of amides is 1. The van der Waals surface area contributed by atoms with Gasteiger partial charge in [0.1, 0.15) is 5.82 Å². The Bertz CT molecular complexity index is 1330. The third-order valence-electron chi connectivity index (χ3n) is 4.97. The van der Waals surface area contributed by atoms with Crippen molar-refractivity contribution in [3.05, 3.63) is 88.5 Å². The van der Waals surface area contributed by atoms with Crippen LogP contribution in [0.15, 0.2) is 71.5 Å². The Morgan fingerprint density at radius 1 is 0.935 bits per heavy atom. The van der Waals surface area contributed by atoms with Crippen LogP contribution in [0.1, 0.15) is 16.2 Å². The van der Waals surface area contributed by atoms with E-state index in [1.165, 1.54) is 14.2 Å². The Kier molecular flexibility index (Phi) is 5.41. The molecule has 0 radical (unpaired) electrons. The van der Waals surface area contributed by atoms with Crippen LogP contribution in [0.2, 0.25) is 0 Å². The van der Waals surface area contributed by atoms with E-state index in [-0.39, 0.29) is 11.5 Å². The van der Waals surface area contributed by atoms with E-state index in [1.54, 1.807) is 60.0 Å². The highest BCUT2D eigenvalue weighted by Gasteiger charge is 2.17. The fraction of sp³-hybridized carbons (Fsp3) is 0.125. The highest BCUT2D eigenvalue weighted by molar-refractivity contribution is 6.06. The lowest BCUT2D eigenvalue weighted by atomic mass is 10.1. The molecule has 0 fully saturated rings. The number of fused-ring (bicyclic) bond motifs is 1. The van der Waals surface area contributed by atoms with Crippen LogP contribution in [0.25, 0.3) is 16.6 Å². The lowest BCUT2D eigenvalue weighted by Crippen LogP contribution is -2.22. The Morgan fingerprint density at radius 3 is 2.39 bits per heavy atom. The van der Waals surface area contributed by atoms with Crippen molar-refractivity contribution in [1.82, 2.24) is 9.55 Å². The zero-order valence-electron chi connectivity index (χ0n) is 17.4. The highest BCUT2D eigenvalue weighted by Crippen LogP contribution is 2.31. The molecule has 31 heavy (non-hydrogen) atoms. The summed E-state index contributed by atoms with van der Waals surface area (Å²) in [7, 11) is 3.00. The Morgan fingerprint density at radius 2 is 1.68 bits per heavy atom. The number of aromatic nitrogens is 2.